The van der Waals surface area contributed by atoms with Gasteiger partial charge in [0.05, 0.1) is 6.54 Å². The molecule has 0 aliphatic rings. The fourth-order valence-electron chi connectivity index (χ4n) is 1.85. The Bertz CT molecular complexity index is 354. The van der Waals surface area contributed by atoms with Crippen LogP contribution in [-0.4, -0.2) is 36.8 Å². The number of carbonyl (C=O) groups is 1. The van der Waals surface area contributed by atoms with Crippen LogP contribution in [0.1, 0.15) is 60.8 Å². The lowest BCUT2D eigenvalue weighted by Gasteiger charge is -2.19. The summed E-state index contributed by atoms with van der Waals surface area (Å²) in [6, 6.07) is 0.307. The minimum absolute atomic E-state index is 0. The van der Waals surface area contributed by atoms with E-state index in [2.05, 4.69) is 36.4 Å². The van der Waals surface area contributed by atoms with Crippen molar-refractivity contribution in [1.29, 1.82) is 0 Å². The Balaban J connectivity index is 0. The van der Waals surface area contributed by atoms with Gasteiger partial charge < -0.3 is 21.1 Å². The summed E-state index contributed by atoms with van der Waals surface area (Å²) in [5.74, 6) is 1.15. The van der Waals surface area contributed by atoms with E-state index in [-0.39, 0.29) is 24.0 Å². The predicted molar refractivity (Wildman–Crippen MR) is 107 cm³/mol. The Labute approximate surface area is 158 Å². The van der Waals surface area contributed by atoms with Crippen molar-refractivity contribution in [2.45, 2.75) is 72.4 Å². The van der Waals surface area contributed by atoms with E-state index in [0.29, 0.717) is 25.1 Å². The van der Waals surface area contributed by atoms with Crippen LogP contribution in [0.4, 0.5) is 4.79 Å². The third kappa shape index (κ3) is 17.5. The zero-order valence-corrected chi connectivity index (χ0v) is 17.8. The highest BCUT2D eigenvalue weighted by atomic mass is 127. The van der Waals surface area contributed by atoms with Crippen molar-refractivity contribution < 1.29 is 9.53 Å². The van der Waals surface area contributed by atoms with E-state index in [9.17, 15) is 4.79 Å². The largest absolute Gasteiger partial charge is 0.444 e. The Morgan fingerprint density at radius 2 is 1.83 bits per heavy atom. The van der Waals surface area contributed by atoms with Gasteiger partial charge in [-0.1, -0.05) is 26.7 Å². The Kier molecular flexibility index (Phi) is 13.5. The molecule has 1 amide bonds. The SMILES string of the molecule is CC(C)CCCC(C)NC(N)=NCCNC(=O)OC(C)(C)C.I. The Morgan fingerprint density at radius 1 is 1.22 bits per heavy atom. The maximum atomic E-state index is 11.4. The van der Waals surface area contributed by atoms with Crippen molar-refractivity contribution in [1.82, 2.24) is 10.6 Å². The number of halogens is 1. The molecule has 0 aromatic carbocycles. The summed E-state index contributed by atoms with van der Waals surface area (Å²) >= 11 is 0. The molecule has 0 rings (SSSR count). The quantitative estimate of drug-likeness (QED) is 0.233. The fraction of sp³-hybridized carbons (Fsp3) is 0.875. The first-order valence-electron chi connectivity index (χ1n) is 8.13. The number of ether oxygens (including phenoxy) is 1. The molecular weight excluding hydrogens is 407 g/mol. The summed E-state index contributed by atoms with van der Waals surface area (Å²) in [7, 11) is 0. The number of aliphatic imine (C=N–C) groups is 1. The number of amides is 1. The van der Waals surface area contributed by atoms with Gasteiger partial charge in [-0.25, -0.2) is 4.79 Å². The van der Waals surface area contributed by atoms with Gasteiger partial charge in [-0.2, -0.15) is 0 Å². The second-order valence-electron chi connectivity index (χ2n) is 7.07. The molecule has 7 heteroatoms. The minimum Gasteiger partial charge on any atom is -0.444 e. The first kappa shape index (κ1) is 24.5. The third-order valence-electron chi connectivity index (χ3n) is 2.88. The highest BCUT2D eigenvalue weighted by Gasteiger charge is 2.15. The van der Waals surface area contributed by atoms with Crippen molar-refractivity contribution in [3.63, 3.8) is 0 Å². The van der Waals surface area contributed by atoms with Gasteiger partial charge in [0.15, 0.2) is 5.96 Å². The molecule has 0 saturated carbocycles. The van der Waals surface area contributed by atoms with Crippen LogP contribution >= 0.6 is 24.0 Å². The van der Waals surface area contributed by atoms with Crippen LogP contribution in [0.2, 0.25) is 0 Å². The first-order chi connectivity index (χ1) is 10.1. The molecule has 0 saturated heterocycles. The second-order valence-corrected chi connectivity index (χ2v) is 7.07. The van der Waals surface area contributed by atoms with Crippen molar-refractivity contribution in [3.8, 4) is 0 Å². The van der Waals surface area contributed by atoms with Crippen LogP contribution in [0.15, 0.2) is 4.99 Å². The van der Waals surface area contributed by atoms with Gasteiger partial charge >= 0.3 is 6.09 Å². The number of hydrogen-bond donors (Lipinski definition) is 3. The highest BCUT2D eigenvalue weighted by molar-refractivity contribution is 14.0. The van der Waals surface area contributed by atoms with Crippen molar-refractivity contribution >= 4 is 36.0 Å². The van der Waals surface area contributed by atoms with Crippen molar-refractivity contribution in [2.75, 3.05) is 13.1 Å². The molecular formula is C16H35IN4O2. The molecule has 0 fully saturated rings. The molecule has 0 radical (unpaired) electrons. The lowest BCUT2D eigenvalue weighted by molar-refractivity contribution is 0.0529. The van der Waals surface area contributed by atoms with Crippen LogP contribution in [0.5, 0.6) is 0 Å². The number of rotatable bonds is 8. The molecule has 1 atom stereocenters. The first-order valence-corrected chi connectivity index (χ1v) is 8.13. The van der Waals surface area contributed by atoms with E-state index in [0.717, 1.165) is 12.3 Å². The van der Waals surface area contributed by atoms with E-state index in [1.165, 1.54) is 12.8 Å². The second kappa shape index (κ2) is 12.7. The van der Waals surface area contributed by atoms with Gasteiger partial charge in [0.1, 0.15) is 5.60 Å². The molecule has 0 aromatic rings. The minimum atomic E-state index is -0.487. The van der Waals surface area contributed by atoms with E-state index in [1.54, 1.807) is 0 Å². The number of nitrogens with zero attached hydrogens (tertiary/aromatic N) is 1. The third-order valence-corrected chi connectivity index (χ3v) is 2.88. The van der Waals surface area contributed by atoms with Crippen LogP contribution in [0.25, 0.3) is 0 Å². The highest BCUT2D eigenvalue weighted by Crippen LogP contribution is 2.08. The van der Waals surface area contributed by atoms with Crippen molar-refractivity contribution in [2.24, 2.45) is 16.6 Å². The summed E-state index contributed by atoms with van der Waals surface area (Å²) in [5, 5.41) is 5.81. The van der Waals surface area contributed by atoms with E-state index >= 15 is 0 Å². The van der Waals surface area contributed by atoms with E-state index in [4.69, 9.17) is 10.5 Å². The number of alkyl carbamates (subject to hydrolysis) is 1. The van der Waals surface area contributed by atoms with Crippen molar-refractivity contribution in [3.05, 3.63) is 0 Å². The summed E-state index contributed by atoms with van der Waals surface area (Å²) in [4.78, 5) is 15.6. The van der Waals surface area contributed by atoms with Crippen LogP contribution in [0, 0.1) is 5.92 Å². The summed E-state index contributed by atoms with van der Waals surface area (Å²) < 4.78 is 5.13. The zero-order valence-electron chi connectivity index (χ0n) is 15.4. The molecule has 0 spiro atoms. The number of nitrogens with one attached hydrogen (secondary N) is 2. The summed E-state index contributed by atoms with van der Waals surface area (Å²) in [6.07, 6.45) is 3.04. The molecule has 0 aliphatic carbocycles. The standard InChI is InChI=1S/C16H34N4O2.HI/c1-12(2)8-7-9-13(3)20-14(17)18-10-11-19-15(21)22-16(4,5)6;/h12-13H,7-11H2,1-6H3,(H,19,21)(H3,17,18,20);1H. The number of nitrogens with two attached hydrogens (primary N) is 1. The Hall–Kier alpha value is -0.730. The van der Waals surface area contributed by atoms with Gasteiger partial charge in [0, 0.05) is 12.6 Å². The van der Waals surface area contributed by atoms with Gasteiger partial charge in [-0.05, 0) is 40.0 Å². The molecule has 0 aromatic heterocycles. The van der Waals surface area contributed by atoms with Gasteiger partial charge in [0.2, 0.25) is 0 Å². The predicted octanol–water partition coefficient (Wildman–Crippen LogP) is 3.25. The smallest absolute Gasteiger partial charge is 0.407 e. The summed E-state index contributed by atoms with van der Waals surface area (Å²) in [6.45, 7) is 12.9. The Morgan fingerprint density at radius 3 is 2.35 bits per heavy atom. The molecule has 23 heavy (non-hydrogen) atoms. The number of hydrogen-bond acceptors (Lipinski definition) is 3. The lowest BCUT2D eigenvalue weighted by Crippen LogP contribution is -2.39. The summed E-state index contributed by atoms with van der Waals surface area (Å²) in [5.41, 5.74) is 5.33. The molecule has 6 nitrogen and oxygen atoms in total. The monoisotopic (exact) mass is 442 g/mol. The van der Waals surface area contributed by atoms with Gasteiger partial charge in [-0.15, -0.1) is 24.0 Å². The van der Waals surface area contributed by atoms with E-state index in [1.807, 2.05) is 20.8 Å². The lowest BCUT2D eigenvalue weighted by atomic mass is 10.0. The maximum absolute atomic E-state index is 11.4. The maximum Gasteiger partial charge on any atom is 0.407 e. The van der Waals surface area contributed by atoms with E-state index < -0.39 is 11.7 Å². The fourth-order valence-corrected chi connectivity index (χ4v) is 1.85. The van der Waals surface area contributed by atoms with Gasteiger partial charge in [0.25, 0.3) is 0 Å². The molecule has 0 aliphatic heterocycles. The molecule has 1 unspecified atom stereocenters. The van der Waals surface area contributed by atoms with Gasteiger partial charge in [-0.3, -0.25) is 4.99 Å². The molecule has 138 valence electrons. The zero-order chi connectivity index (χ0) is 17.2. The average molecular weight is 442 g/mol. The molecule has 4 N–H and O–H groups in total. The number of guanidine groups is 1. The normalized spacial score (nSPS) is 13.3. The van der Waals surface area contributed by atoms with Crippen LogP contribution in [0.3, 0.4) is 0 Å². The molecule has 0 heterocycles. The number of carbonyl (C=O) groups excluding carboxylic acids is 1. The van der Waals surface area contributed by atoms with Crippen LogP contribution in [-0.2, 0) is 4.74 Å². The molecule has 0 bridgehead atoms. The average Bonchev–Trinajstić information content (AvgIpc) is 2.31. The van der Waals surface area contributed by atoms with Crippen LogP contribution < -0.4 is 16.4 Å². The topological polar surface area (TPSA) is 88.7 Å².